The van der Waals surface area contributed by atoms with Crippen LogP contribution in [0.25, 0.3) is 0 Å². The van der Waals surface area contributed by atoms with E-state index in [9.17, 15) is 5.11 Å². The Morgan fingerprint density at radius 2 is 1.67 bits per heavy atom. The molecule has 0 aromatic carbocycles. The van der Waals surface area contributed by atoms with Crippen molar-refractivity contribution in [2.24, 2.45) is 35.0 Å². The average Bonchev–Trinajstić information content (AvgIpc) is 3.19. The molecule has 1 aliphatic heterocycles. The minimum Gasteiger partial charge on any atom is -0.393 e. The largest absolute Gasteiger partial charge is 0.393 e. The minimum absolute atomic E-state index is 0.00581. The van der Waals surface area contributed by atoms with Gasteiger partial charge in [-0.25, -0.2) is 0 Å². The van der Waals surface area contributed by atoms with Crippen LogP contribution >= 0.6 is 0 Å². The van der Waals surface area contributed by atoms with E-state index in [-0.39, 0.29) is 6.10 Å². The molecule has 118 valence electrons. The Morgan fingerprint density at radius 1 is 0.905 bits per heavy atom. The molecule has 1 saturated heterocycles. The average molecular weight is 290 g/mol. The second-order valence-electron chi connectivity index (χ2n) is 9.35. The second kappa shape index (κ2) is 4.26. The second-order valence-corrected chi connectivity index (χ2v) is 9.35. The highest BCUT2D eigenvalue weighted by atomic mass is 16.6. The molecule has 8 atom stereocenters. The lowest BCUT2D eigenvalue weighted by Crippen LogP contribution is -2.47. The number of hydrogen-bond acceptors (Lipinski definition) is 2. The monoisotopic (exact) mass is 290 g/mol. The zero-order valence-electron chi connectivity index (χ0n) is 13.4. The Morgan fingerprint density at radius 3 is 2.48 bits per heavy atom. The summed E-state index contributed by atoms with van der Waals surface area (Å²) in [4.78, 5) is 0. The molecular weight excluding hydrogens is 260 g/mol. The first-order valence-corrected chi connectivity index (χ1v) is 9.42. The molecule has 0 bridgehead atoms. The summed E-state index contributed by atoms with van der Waals surface area (Å²) < 4.78 is 6.00. The van der Waals surface area contributed by atoms with Crippen LogP contribution in [0.15, 0.2) is 0 Å². The first kappa shape index (κ1) is 13.4. The van der Waals surface area contributed by atoms with Gasteiger partial charge in [0.15, 0.2) is 0 Å². The van der Waals surface area contributed by atoms with Crippen LogP contribution in [0.3, 0.4) is 0 Å². The highest BCUT2D eigenvalue weighted by molar-refractivity contribution is 5.16. The van der Waals surface area contributed by atoms with Gasteiger partial charge in [-0.1, -0.05) is 6.92 Å². The maximum absolute atomic E-state index is 10.00. The summed E-state index contributed by atoms with van der Waals surface area (Å²) in [5, 5.41) is 10.00. The van der Waals surface area contributed by atoms with Crippen LogP contribution in [0, 0.1) is 35.0 Å². The Balaban J connectivity index is 1.38. The van der Waals surface area contributed by atoms with Gasteiger partial charge in [-0.3, -0.25) is 0 Å². The van der Waals surface area contributed by atoms with Crippen molar-refractivity contribution in [3.05, 3.63) is 0 Å². The predicted molar refractivity (Wildman–Crippen MR) is 81.8 cm³/mol. The molecule has 1 heterocycles. The molecule has 4 aliphatic carbocycles. The van der Waals surface area contributed by atoms with E-state index in [1.807, 2.05) is 0 Å². The summed E-state index contributed by atoms with van der Waals surface area (Å²) in [6, 6.07) is 0. The first-order valence-electron chi connectivity index (χ1n) is 9.42. The SMILES string of the molecule is C[C@]12C[C@H]3C[C@H]4CCC(O)C[C@@H]4C[C@@H]3C[C@@H]1CC[C@@]21CO1. The number of epoxide rings is 1. The summed E-state index contributed by atoms with van der Waals surface area (Å²) in [6.07, 6.45) is 12.0. The molecule has 1 spiro atoms. The van der Waals surface area contributed by atoms with Crippen LogP contribution in [0.2, 0.25) is 0 Å². The van der Waals surface area contributed by atoms with Crippen molar-refractivity contribution in [3.63, 3.8) is 0 Å². The first-order chi connectivity index (χ1) is 10.1. The molecule has 1 N–H and O–H groups in total. The third-order valence-corrected chi connectivity index (χ3v) is 8.59. The van der Waals surface area contributed by atoms with Crippen molar-refractivity contribution in [1.82, 2.24) is 0 Å². The highest BCUT2D eigenvalue weighted by Crippen LogP contribution is 2.68. The van der Waals surface area contributed by atoms with E-state index < -0.39 is 0 Å². The van der Waals surface area contributed by atoms with Crippen LogP contribution in [0.4, 0.5) is 0 Å². The fraction of sp³-hybridized carbons (Fsp3) is 1.00. The summed E-state index contributed by atoms with van der Waals surface area (Å²) in [6.45, 7) is 3.61. The Kier molecular flexibility index (Phi) is 2.71. The summed E-state index contributed by atoms with van der Waals surface area (Å²) in [5.41, 5.74) is 0.803. The Hall–Kier alpha value is -0.0800. The molecule has 0 radical (unpaired) electrons. The van der Waals surface area contributed by atoms with Gasteiger partial charge < -0.3 is 9.84 Å². The smallest absolute Gasteiger partial charge is 0.0972 e. The van der Waals surface area contributed by atoms with Crippen LogP contribution < -0.4 is 0 Å². The molecule has 0 aromatic heterocycles. The zero-order valence-corrected chi connectivity index (χ0v) is 13.4. The van der Waals surface area contributed by atoms with E-state index in [0.717, 1.165) is 49.0 Å². The molecule has 5 fully saturated rings. The van der Waals surface area contributed by atoms with Gasteiger partial charge in [-0.15, -0.1) is 0 Å². The summed E-state index contributed by atoms with van der Waals surface area (Å²) in [5.74, 6) is 4.61. The van der Waals surface area contributed by atoms with Crippen molar-refractivity contribution in [2.75, 3.05) is 6.61 Å². The van der Waals surface area contributed by atoms with Crippen LogP contribution in [0.5, 0.6) is 0 Å². The van der Waals surface area contributed by atoms with E-state index in [4.69, 9.17) is 4.74 Å². The molecule has 2 heteroatoms. The van der Waals surface area contributed by atoms with E-state index in [0.29, 0.717) is 11.0 Å². The summed E-state index contributed by atoms with van der Waals surface area (Å²) in [7, 11) is 0. The number of aliphatic hydroxyl groups is 1. The Labute approximate surface area is 128 Å². The minimum atomic E-state index is 0.00581. The van der Waals surface area contributed by atoms with Gasteiger partial charge >= 0.3 is 0 Å². The van der Waals surface area contributed by atoms with Crippen LogP contribution in [-0.2, 0) is 4.74 Å². The highest BCUT2D eigenvalue weighted by Gasteiger charge is 2.67. The molecule has 1 unspecified atom stereocenters. The van der Waals surface area contributed by atoms with E-state index in [2.05, 4.69) is 6.92 Å². The maximum atomic E-state index is 10.00. The van der Waals surface area contributed by atoms with Gasteiger partial charge in [-0.05, 0) is 87.4 Å². The lowest BCUT2D eigenvalue weighted by molar-refractivity contribution is -0.0553. The third-order valence-electron chi connectivity index (χ3n) is 8.59. The molecular formula is C19H30O2. The standard InChI is InChI=1S/C19H30O2/c1-18-10-15-6-12-2-3-17(20)9-14(12)7-13(15)8-16(18)4-5-19(18)11-21-19/h12-17,20H,2-11H2,1H3/t12-,13-,14+,15-,16+,17?,18+,19-/m1/s1. The number of aliphatic hydroxyl groups excluding tert-OH is 1. The van der Waals surface area contributed by atoms with Crippen LogP contribution in [0.1, 0.15) is 64.7 Å². The zero-order chi connectivity index (χ0) is 14.2. The summed E-state index contributed by atoms with van der Waals surface area (Å²) >= 11 is 0. The maximum Gasteiger partial charge on any atom is 0.0972 e. The van der Waals surface area contributed by atoms with Crippen molar-refractivity contribution in [2.45, 2.75) is 76.4 Å². The molecule has 0 amide bonds. The fourth-order valence-corrected chi connectivity index (χ4v) is 7.19. The molecule has 5 rings (SSSR count). The van der Waals surface area contributed by atoms with Gasteiger partial charge in [0.05, 0.1) is 18.3 Å². The van der Waals surface area contributed by atoms with E-state index in [1.165, 1.54) is 44.9 Å². The predicted octanol–water partition coefficient (Wildman–Crippen LogP) is 3.77. The molecule has 5 aliphatic rings. The van der Waals surface area contributed by atoms with Crippen molar-refractivity contribution < 1.29 is 9.84 Å². The molecule has 4 saturated carbocycles. The number of ether oxygens (including phenoxy) is 1. The third kappa shape index (κ3) is 1.78. The molecule has 21 heavy (non-hydrogen) atoms. The number of rotatable bonds is 0. The van der Waals surface area contributed by atoms with Gasteiger partial charge in [0.1, 0.15) is 0 Å². The normalized spacial score (nSPS) is 62.0. The van der Waals surface area contributed by atoms with Gasteiger partial charge in [0, 0.05) is 5.41 Å². The lowest BCUT2D eigenvalue weighted by Gasteiger charge is -2.53. The number of fused-ring (bicyclic) bond motifs is 4. The molecule has 2 nitrogen and oxygen atoms in total. The molecule has 0 aromatic rings. The van der Waals surface area contributed by atoms with Crippen LogP contribution in [-0.4, -0.2) is 23.4 Å². The van der Waals surface area contributed by atoms with Gasteiger partial charge in [-0.2, -0.15) is 0 Å². The van der Waals surface area contributed by atoms with Crippen molar-refractivity contribution in [1.29, 1.82) is 0 Å². The number of hydrogen-bond donors (Lipinski definition) is 1. The van der Waals surface area contributed by atoms with Gasteiger partial charge in [0.25, 0.3) is 0 Å². The lowest BCUT2D eigenvalue weighted by atomic mass is 9.52. The van der Waals surface area contributed by atoms with E-state index in [1.54, 1.807) is 0 Å². The van der Waals surface area contributed by atoms with E-state index >= 15 is 0 Å². The van der Waals surface area contributed by atoms with Gasteiger partial charge in [0.2, 0.25) is 0 Å². The topological polar surface area (TPSA) is 32.8 Å². The fourth-order valence-electron chi connectivity index (χ4n) is 7.19. The van der Waals surface area contributed by atoms with Crippen molar-refractivity contribution in [3.8, 4) is 0 Å². The Bertz CT molecular complexity index is 443. The van der Waals surface area contributed by atoms with Crippen molar-refractivity contribution >= 4 is 0 Å². The quantitative estimate of drug-likeness (QED) is 0.689.